The summed E-state index contributed by atoms with van der Waals surface area (Å²) in [6.07, 6.45) is 0. The normalized spacial score (nSPS) is 13.7. The van der Waals surface area contributed by atoms with Gasteiger partial charge in [-0.05, 0) is 67.4 Å². The van der Waals surface area contributed by atoms with Crippen molar-refractivity contribution >= 4 is 52.0 Å². The highest BCUT2D eigenvalue weighted by Gasteiger charge is 2.41. The van der Waals surface area contributed by atoms with E-state index in [9.17, 15) is 9.59 Å². The van der Waals surface area contributed by atoms with E-state index in [1.165, 1.54) is 0 Å². The third-order valence-corrected chi connectivity index (χ3v) is 5.63. The third-order valence-electron chi connectivity index (χ3n) is 5.08. The van der Waals surface area contributed by atoms with Gasteiger partial charge in [-0.25, -0.2) is 4.90 Å². The number of nitrogens with zero attached hydrogens (tertiary/aromatic N) is 1. The van der Waals surface area contributed by atoms with Crippen LogP contribution in [0.25, 0.3) is 5.57 Å². The first-order valence-electron chi connectivity index (χ1n) is 10.0. The van der Waals surface area contributed by atoms with Gasteiger partial charge in [0.25, 0.3) is 11.8 Å². The molecule has 0 fully saturated rings. The van der Waals surface area contributed by atoms with E-state index in [0.717, 1.165) is 10.5 Å². The van der Waals surface area contributed by atoms with Crippen LogP contribution in [0, 0.1) is 6.92 Å². The van der Waals surface area contributed by atoms with Crippen LogP contribution in [0.4, 0.5) is 11.4 Å². The predicted octanol–water partition coefficient (Wildman–Crippen LogP) is 6.10. The second kappa shape index (κ2) is 9.07. The third kappa shape index (κ3) is 4.09. The number of hydrogen-bond acceptors (Lipinski definition) is 4. The molecule has 0 radical (unpaired) electrons. The number of carbonyl (C=O) groups excluding carboxylic acids is 2. The average molecular weight is 467 g/mol. The zero-order valence-corrected chi connectivity index (χ0v) is 19.0. The van der Waals surface area contributed by atoms with E-state index in [0.29, 0.717) is 39.3 Å². The van der Waals surface area contributed by atoms with Gasteiger partial charge in [-0.1, -0.05) is 47.5 Å². The topological polar surface area (TPSA) is 58.6 Å². The molecule has 3 aromatic carbocycles. The molecular formula is C25H20Cl2N2O3. The van der Waals surface area contributed by atoms with E-state index in [4.69, 9.17) is 27.9 Å². The van der Waals surface area contributed by atoms with Gasteiger partial charge in [0.1, 0.15) is 11.4 Å². The van der Waals surface area contributed by atoms with Crippen molar-refractivity contribution in [1.29, 1.82) is 0 Å². The molecule has 0 spiro atoms. The molecule has 4 rings (SSSR count). The van der Waals surface area contributed by atoms with Crippen LogP contribution in [0.3, 0.4) is 0 Å². The van der Waals surface area contributed by atoms with Gasteiger partial charge >= 0.3 is 0 Å². The monoisotopic (exact) mass is 466 g/mol. The minimum absolute atomic E-state index is 0.171. The Morgan fingerprint density at radius 2 is 1.66 bits per heavy atom. The lowest BCUT2D eigenvalue weighted by Crippen LogP contribution is -2.32. The van der Waals surface area contributed by atoms with Crippen LogP contribution in [0.5, 0.6) is 5.75 Å². The van der Waals surface area contributed by atoms with E-state index in [1.807, 2.05) is 13.8 Å². The van der Waals surface area contributed by atoms with Crippen molar-refractivity contribution in [3.8, 4) is 5.75 Å². The van der Waals surface area contributed by atoms with Crippen molar-refractivity contribution in [3.05, 3.63) is 93.6 Å². The number of nitrogens with one attached hydrogen (secondary N) is 1. The van der Waals surface area contributed by atoms with E-state index < -0.39 is 11.8 Å². The Morgan fingerprint density at radius 1 is 0.938 bits per heavy atom. The molecule has 3 aromatic rings. The zero-order chi connectivity index (χ0) is 22.8. The molecule has 0 atom stereocenters. The summed E-state index contributed by atoms with van der Waals surface area (Å²) in [7, 11) is 0. The second-order valence-electron chi connectivity index (χ2n) is 7.19. The Balaban J connectivity index is 1.83. The number of ether oxygens (including phenoxy) is 1. The molecule has 1 aliphatic heterocycles. The lowest BCUT2D eigenvalue weighted by Gasteiger charge is -2.17. The number of imide groups is 1. The molecule has 1 aliphatic rings. The lowest BCUT2D eigenvalue weighted by molar-refractivity contribution is -0.120. The highest BCUT2D eigenvalue weighted by atomic mass is 35.5. The summed E-state index contributed by atoms with van der Waals surface area (Å²) >= 11 is 12.4. The average Bonchev–Trinajstić information content (AvgIpc) is 3.01. The van der Waals surface area contributed by atoms with Gasteiger partial charge in [0.15, 0.2) is 0 Å². The van der Waals surface area contributed by atoms with Crippen LogP contribution in [0.1, 0.15) is 18.1 Å². The van der Waals surface area contributed by atoms with Gasteiger partial charge in [0.2, 0.25) is 0 Å². The smallest absolute Gasteiger partial charge is 0.282 e. The van der Waals surface area contributed by atoms with Gasteiger partial charge in [0.05, 0.1) is 22.9 Å². The summed E-state index contributed by atoms with van der Waals surface area (Å²) in [5.41, 5.74) is 2.87. The molecule has 1 heterocycles. The summed E-state index contributed by atoms with van der Waals surface area (Å²) in [4.78, 5) is 28.1. The van der Waals surface area contributed by atoms with Crippen LogP contribution in [0.2, 0.25) is 10.0 Å². The van der Waals surface area contributed by atoms with Crippen molar-refractivity contribution < 1.29 is 14.3 Å². The van der Waals surface area contributed by atoms with Crippen LogP contribution < -0.4 is 15.0 Å². The minimum Gasteiger partial charge on any atom is -0.494 e. The molecule has 0 aliphatic carbocycles. The summed E-state index contributed by atoms with van der Waals surface area (Å²) in [5.74, 6) is -0.262. The molecule has 0 aromatic heterocycles. The first-order chi connectivity index (χ1) is 15.4. The maximum Gasteiger partial charge on any atom is 0.282 e. The molecule has 0 saturated carbocycles. The van der Waals surface area contributed by atoms with Crippen molar-refractivity contribution in [2.24, 2.45) is 0 Å². The van der Waals surface area contributed by atoms with E-state index in [-0.39, 0.29) is 11.3 Å². The molecule has 1 N–H and O–H groups in total. The number of carbonyl (C=O) groups is 2. The Hall–Kier alpha value is -3.28. The van der Waals surface area contributed by atoms with Crippen LogP contribution in [-0.4, -0.2) is 18.4 Å². The highest BCUT2D eigenvalue weighted by molar-refractivity contribution is 6.48. The molecular weight excluding hydrogens is 447 g/mol. The maximum absolute atomic E-state index is 13.5. The van der Waals surface area contributed by atoms with E-state index >= 15 is 0 Å². The fraction of sp³-hybridized carbons (Fsp3) is 0.120. The van der Waals surface area contributed by atoms with E-state index in [1.54, 1.807) is 66.7 Å². The number of rotatable bonds is 6. The Kier molecular flexibility index (Phi) is 6.21. The number of benzene rings is 3. The quantitative estimate of drug-likeness (QED) is 0.446. The van der Waals surface area contributed by atoms with Crippen molar-refractivity contribution in [2.75, 3.05) is 16.8 Å². The number of halogens is 2. The largest absolute Gasteiger partial charge is 0.494 e. The maximum atomic E-state index is 13.5. The number of amides is 2. The molecule has 0 unspecified atom stereocenters. The molecule has 7 heteroatoms. The standard InChI is InChI=1S/C25H20Cl2N2O3/c1-3-32-18-11-8-16(9-12-18)22-23(28-20-13-10-17(26)14-15(20)2)25(31)29(24(22)30)21-7-5-4-6-19(21)27/h4-14,28H,3H2,1-2H3. The van der Waals surface area contributed by atoms with Gasteiger partial charge in [-0.3, -0.25) is 9.59 Å². The summed E-state index contributed by atoms with van der Waals surface area (Å²) in [6, 6.07) is 19.1. The van der Waals surface area contributed by atoms with Gasteiger partial charge in [-0.2, -0.15) is 0 Å². The minimum atomic E-state index is -0.485. The fourth-order valence-corrected chi connectivity index (χ4v) is 4.00. The van der Waals surface area contributed by atoms with Crippen LogP contribution >= 0.6 is 23.2 Å². The van der Waals surface area contributed by atoms with E-state index in [2.05, 4.69) is 5.32 Å². The molecule has 0 bridgehead atoms. The molecule has 2 amide bonds. The SMILES string of the molecule is CCOc1ccc(C2=C(Nc3ccc(Cl)cc3C)C(=O)N(c3ccccc3Cl)C2=O)cc1. The Labute approximate surface area is 196 Å². The number of para-hydroxylation sites is 1. The van der Waals surface area contributed by atoms with Gasteiger partial charge in [-0.15, -0.1) is 0 Å². The van der Waals surface area contributed by atoms with Crippen molar-refractivity contribution in [1.82, 2.24) is 0 Å². The molecule has 5 nitrogen and oxygen atoms in total. The fourth-order valence-electron chi connectivity index (χ4n) is 3.55. The first-order valence-corrected chi connectivity index (χ1v) is 10.8. The van der Waals surface area contributed by atoms with Crippen molar-refractivity contribution in [2.45, 2.75) is 13.8 Å². The molecule has 32 heavy (non-hydrogen) atoms. The first kappa shape index (κ1) is 21.9. The van der Waals surface area contributed by atoms with Crippen molar-refractivity contribution in [3.63, 3.8) is 0 Å². The summed E-state index contributed by atoms with van der Waals surface area (Å²) in [6.45, 7) is 4.30. The predicted molar refractivity (Wildman–Crippen MR) is 128 cm³/mol. The summed E-state index contributed by atoms with van der Waals surface area (Å²) in [5, 5.41) is 4.05. The number of hydrogen-bond donors (Lipinski definition) is 1. The zero-order valence-electron chi connectivity index (χ0n) is 17.5. The van der Waals surface area contributed by atoms with Crippen LogP contribution in [0.15, 0.2) is 72.4 Å². The lowest BCUT2D eigenvalue weighted by atomic mass is 10.0. The highest BCUT2D eigenvalue weighted by Crippen LogP contribution is 2.37. The van der Waals surface area contributed by atoms with Gasteiger partial charge < -0.3 is 10.1 Å². The Bertz CT molecular complexity index is 1240. The van der Waals surface area contributed by atoms with Crippen LogP contribution in [-0.2, 0) is 9.59 Å². The Morgan fingerprint density at radius 3 is 2.31 bits per heavy atom. The summed E-state index contributed by atoms with van der Waals surface area (Å²) < 4.78 is 5.50. The van der Waals surface area contributed by atoms with Gasteiger partial charge in [0, 0.05) is 10.7 Å². The number of aryl methyl sites for hydroxylation is 1. The number of anilines is 2. The molecule has 162 valence electrons. The second-order valence-corrected chi connectivity index (χ2v) is 8.03. The molecule has 0 saturated heterocycles.